The number of carbonyl (C=O) groups excluding carboxylic acids is 2. The Morgan fingerprint density at radius 3 is 1.37 bits per heavy atom. The molecular weight excluding hydrogens is 661 g/mol. The van der Waals surface area contributed by atoms with Crippen LogP contribution in [-0.2, 0) is 9.47 Å². The van der Waals surface area contributed by atoms with Crippen molar-refractivity contribution in [1.82, 2.24) is 0 Å². The van der Waals surface area contributed by atoms with Gasteiger partial charge in [-0.05, 0) is 81.5 Å². The van der Waals surface area contributed by atoms with Crippen LogP contribution in [0.25, 0.3) is 32.0 Å². The van der Waals surface area contributed by atoms with E-state index < -0.39 is 8.07 Å². The summed E-state index contributed by atoms with van der Waals surface area (Å²) in [6, 6.07) is 20.3. The van der Waals surface area contributed by atoms with Crippen molar-refractivity contribution in [3.63, 3.8) is 0 Å². The van der Waals surface area contributed by atoms with Crippen LogP contribution < -0.4 is 10.4 Å². The lowest BCUT2D eigenvalue weighted by Gasteiger charge is -2.31. The number of thiophene rings is 2. The number of ether oxygens (including phenoxy) is 2. The largest absolute Gasteiger partial charge is 0.462 e. The smallest absolute Gasteiger partial charge is 0.339 e. The van der Waals surface area contributed by atoms with Gasteiger partial charge in [0.25, 0.3) is 0 Å². The van der Waals surface area contributed by atoms with E-state index in [9.17, 15) is 9.59 Å². The van der Waals surface area contributed by atoms with Crippen molar-refractivity contribution in [3.8, 4) is 32.0 Å². The third-order valence-corrected chi connectivity index (χ3v) is 17.4. The highest BCUT2D eigenvalue weighted by atomic mass is 32.1. The lowest BCUT2D eigenvalue weighted by atomic mass is 10.0. The number of carbonyl (C=O) groups is 2. The number of benzene rings is 2. The fourth-order valence-corrected chi connectivity index (χ4v) is 15.1. The zero-order chi connectivity index (χ0) is 34.6. The molecule has 0 bridgehead atoms. The number of rotatable bonds is 20. The molecule has 0 saturated carbocycles. The third kappa shape index (κ3) is 8.49. The van der Waals surface area contributed by atoms with Crippen LogP contribution in [-0.4, -0.2) is 33.2 Å². The van der Waals surface area contributed by atoms with Crippen LogP contribution in [0.3, 0.4) is 0 Å². The summed E-state index contributed by atoms with van der Waals surface area (Å²) in [5, 5.41) is 7.07. The van der Waals surface area contributed by atoms with E-state index in [0.29, 0.717) is 24.3 Å². The van der Waals surface area contributed by atoms with Gasteiger partial charge in [-0.1, -0.05) is 127 Å². The minimum absolute atomic E-state index is 0.247. The molecule has 1 aliphatic rings. The van der Waals surface area contributed by atoms with E-state index in [-0.39, 0.29) is 11.9 Å². The Morgan fingerprint density at radius 1 is 0.551 bits per heavy atom. The number of esters is 2. The quantitative estimate of drug-likeness (QED) is 0.0519. The second-order valence-corrected chi connectivity index (χ2v) is 19.5. The number of unbranched alkanes of at least 4 members (excludes halogenated alkanes) is 10. The maximum atomic E-state index is 13.0. The molecule has 0 aliphatic carbocycles. The van der Waals surface area contributed by atoms with Gasteiger partial charge in [0.1, 0.15) is 8.07 Å². The monoisotopic (exact) mass is 714 g/mol. The molecule has 0 amide bonds. The van der Waals surface area contributed by atoms with Crippen molar-refractivity contribution in [3.05, 3.63) is 70.4 Å². The molecule has 3 heterocycles. The van der Waals surface area contributed by atoms with Gasteiger partial charge in [0.15, 0.2) is 0 Å². The number of fused-ring (bicyclic) bond motifs is 3. The Morgan fingerprint density at radius 2 is 0.959 bits per heavy atom. The van der Waals surface area contributed by atoms with Crippen molar-refractivity contribution in [2.45, 2.75) is 117 Å². The molecule has 49 heavy (non-hydrogen) atoms. The van der Waals surface area contributed by atoms with Crippen LogP contribution in [0, 0.1) is 0 Å². The molecule has 0 N–H and O–H groups in total. The molecule has 7 heteroatoms. The van der Waals surface area contributed by atoms with E-state index in [4.69, 9.17) is 9.47 Å². The van der Waals surface area contributed by atoms with Gasteiger partial charge in [-0.2, -0.15) is 0 Å². The fraction of sp³-hybridized carbons (Fsp3) is 0.476. The highest BCUT2D eigenvalue weighted by Crippen LogP contribution is 2.41. The molecule has 0 fully saturated rings. The first kappa shape index (κ1) is 37.3. The molecule has 0 unspecified atom stereocenters. The lowest BCUT2D eigenvalue weighted by Crippen LogP contribution is -2.55. The van der Waals surface area contributed by atoms with E-state index in [0.717, 1.165) is 20.9 Å². The molecule has 0 spiro atoms. The zero-order valence-corrected chi connectivity index (χ0v) is 32.7. The minimum atomic E-state index is -2.24. The van der Waals surface area contributed by atoms with Crippen molar-refractivity contribution in [1.29, 1.82) is 0 Å². The minimum Gasteiger partial charge on any atom is -0.462 e. The van der Waals surface area contributed by atoms with Gasteiger partial charge < -0.3 is 9.47 Å². The first-order valence-electron chi connectivity index (χ1n) is 18.8. The average Bonchev–Trinajstić information content (AvgIpc) is 3.86. The molecule has 0 atom stereocenters. The van der Waals surface area contributed by atoms with E-state index in [1.807, 2.05) is 36.7 Å². The maximum absolute atomic E-state index is 13.0. The van der Waals surface area contributed by atoms with Gasteiger partial charge >= 0.3 is 11.9 Å². The highest BCUT2D eigenvalue weighted by Gasteiger charge is 2.45. The highest BCUT2D eigenvalue weighted by molar-refractivity contribution is 7.14. The molecule has 5 rings (SSSR count). The van der Waals surface area contributed by atoms with Gasteiger partial charge in [0, 0.05) is 9.75 Å². The lowest BCUT2D eigenvalue weighted by molar-refractivity contribution is 0.0518. The Balaban J connectivity index is 1.61. The van der Waals surface area contributed by atoms with E-state index in [2.05, 4.69) is 50.2 Å². The van der Waals surface area contributed by atoms with Crippen molar-refractivity contribution < 1.29 is 19.1 Å². The summed E-state index contributed by atoms with van der Waals surface area (Å²) in [5.41, 5.74) is 6.28. The summed E-state index contributed by atoms with van der Waals surface area (Å²) < 4.78 is 10.9. The normalized spacial score (nSPS) is 12.9. The predicted molar refractivity (Wildman–Crippen MR) is 212 cm³/mol. The van der Waals surface area contributed by atoms with Crippen molar-refractivity contribution in [2.24, 2.45) is 0 Å². The maximum Gasteiger partial charge on any atom is 0.339 e. The Bertz CT molecular complexity index is 1560. The van der Waals surface area contributed by atoms with Crippen molar-refractivity contribution >= 4 is 53.1 Å². The number of hydrogen-bond acceptors (Lipinski definition) is 6. The summed E-state index contributed by atoms with van der Waals surface area (Å²) >= 11 is 3.25. The fourth-order valence-electron chi connectivity index (χ4n) is 7.66. The zero-order valence-electron chi connectivity index (χ0n) is 30.0. The third-order valence-electron chi connectivity index (χ3n) is 10.1. The predicted octanol–water partition coefficient (Wildman–Crippen LogP) is 11.8. The van der Waals surface area contributed by atoms with Crippen molar-refractivity contribution in [2.75, 3.05) is 13.2 Å². The van der Waals surface area contributed by atoms with Crippen LogP contribution in [0.15, 0.2) is 59.3 Å². The van der Waals surface area contributed by atoms with E-state index in [1.54, 1.807) is 22.7 Å². The van der Waals surface area contributed by atoms with Gasteiger partial charge in [0.05, 0.1) is 24.3 Å². The molecular formula is C42H54O4S2Si. The average molecular weight is 715 g/mol. The molecule has 262 valence electrons. The van der Waals surface area contributed by atoms with E-state index in [1.165, 1.54) is 111 Å². The SMILES string of the molecule is CCCCCCCC[Si]1(CCCCCCCC)c2cc(-c3sccc3C(=O)OCC)ccc2-c2ccc(-c3sccc3C(=O)OCC)cc21. The van der Waals surface area contributed by atoms with Gasteiger partial charge in [0.2, 0.25) is 0 Å². The summed E-state index contributed by atoms with van der Waals surface area (Å²) in [7, 11) is -2.24. The Hall–Kier alpha value is -3.00. The van der Waals surface area contributed by atoms with Crippen LogP contribution in [0.2, 0.25) is 12.1 Å². The van der Waals surface area contributed by atoms with Crippen LogP contribution in [0.4, 0.5) is 0 Å². The van der Waals surface area contributed by atoms with Crippen LogP contribution in [0.5, 0.6) is 0 Å². The molecule has 2 aromatic carbocycles. The molecule has 1 aliphatic heterocycles. The first-order chi connectivity index (χ1) is 24.0. The molecule has 4 nitrogen and oxygen atoms in total. The van der Waals surface area contributed by atoms with Gasteiger partial charge in [-0.15, -0.1) is 22.7 Å². The first-order valence-corrected chi connectivity index (χ1v) is 23.0. The summed E-state index contributed by atoms with van der Waals surface area (Å²) in [4.78, 5) is 27.9. The molecule has 0 saturated heterocycles. The van der Waals surface area contributed by atoms with Gasteiger partial charge in [-0.25, -0.2) is 9.59 Å². The summed E-state index contributed by atoms with van der Waals surface area (Å²) in [6.45, 7) is 9.02. The van der Waals surface area contributed by atoms with Crippen LogP contribution >= 0.6 is 22.7 Å². The standard InChI is InChI=1S/C42H54O4S2Si/c1-5-9-11-13-15-17-27-49(28-18-16-14-12-10-6-2)37-29-31(39-35(23-25-47-39)41(43)45-7-3)19-21-33(37)34-22-20-32(30-38(34)49)40-36(24-26-48-40)42(44)46-8-4/h19-26,29-30H,5-18,27-28H2,1-4H3. The Kier molecular flexibility index (Phi) is 13.9. The second kappa shape index (κ2) is 18.3. The molecule has 4 aromatic rings. The molecule has 2 aromatic heterocycles. The molecule has 0 radical (unpaired) electrons. The Labute approximate surface area is 303 Å². The number of hydrogen-bond donors (Lipinski definition) is 0. The summed E-state index contributed by atoms with van der Waals surface area (Å²) in [5.74, 6) is -0.494. The summed E-state index contributed by atoms with van der Waals surface area (Å²) in [6.07, 6.45) is 15.4. The second-order valence-electron chi connectivity index (χ2n) is 13.4. The van der Waals surface area contributed by atoms with E-state index >= 15 is 0 Å². The van der Waals surface area contributed by atoms with Gasteiger partial charge in [-0.3, -0.25) is 0 Å². The topological polar surface area (TPSA) is 52.6 Å². The van der Waals surface area contributed by atoms with Crippen LogP contribution in [0.1, 0.15) is 125 Å².